The van der Waals surface area contributed by atoms with Crippen molar-refractivity contribution >= 4 is 17.7 Å². The lowest BCUT2D eigenvalue weighted by molar-refractivity contribution is -0.141. The van der Waals surface area contributed by atoms with Crippen LogP contribution in [0.15, 0.2) is 4.99 Å². The number of carbonyl (C=O) groups excluding carboxylic acids is 1. The molecule has 0 aliphatic carbocycles. The van der Waals surface area contributed by atoms with E-state index in [4.69, 9.17) is 10.5 Å². The third kappa shape index (κ3) is 5.40. The number of hydrogen-bond donors (Lipinski definition) is 1. The molecule has 5 heteroatoms. The molecular weight excluding hydrogens is 160 g/mol. The SMILES string of the molecule is CCOC(=O)CC([OH2+])=NC(C)=N. The van der Waals surface area contributed by atoms with Crippen LogP contribution in [0.5, 0.6) is 0 Å². The molecule has 3 N–H and O–H groups in total. The number of hydrogen-bond acceptors (Lipinski definition) is 3. The van der Waals surface area contributed by atoms with Gasteiger partial charge in [-0.15, -0.1) is 0 Å². The molecule has 5 nitrogen and oxygen atoms in total. The molecule has 12 heavy (non-hydrogen) atoms. The first-order valence-electron chi connectivity index (χ1n) is 3.56. The van der Waals surface area contributed by atoms with Gasteiger partial charge in [0.1, 0.15) is 5.84 Å². The van der Waals surface area contributed by atoms with Gasteiger partial charge in [0.25, 0.3) is 0 Å². The van der Waals surface area contributed by atoms with E-state index in [9.17, 15) is 4.79 Å². The highest BCUT2D eigenvalue weighted by Gasteiger charge is 2.10. The van der Waals surface area contributed by atoms with Gasteiger partial charge in [0.05, 0.1) is 6.61 Å². The summed E-state index contributed by atoms with van der Waals surface area (Å²) in [5, 5.41) is 14.0. The molecule has 0 aliphatic rings. The highest BCUT2D eigenvalue weighted by molar-refractivity contribution is 5.99. The van der Waals surface area contributed by atoms with Crippen LogP contribution in [-0.4, -0.2) is 29.4 Å². The van der Waals surface area contributed by atoms with Crippen molar-refractivity contribution in [1.29, 1.82) is 5.41 Å². The van der Waals surface area contributed by atoms with Gasteiger partial charge >= 0.3 is 11.9 Å². The number of rotatable bonds is 3. The molecule has 0 heterocycles. The Morgan fingerprint density at radius 1 is 1.67 bits per heavy atom. The van der Waals surface area contributed by atoms with Crippen molar-refractivity contribution in [3.8, 4) is 0 Å². The van der Waals surface area contributed by atoms with Gasteiger partial charge in [-0.25, -0.2) is 0 Å². The van der Waals surface area contributed by atoms with E-state index in [1.165, 1.54) is 6.92 Å². The van der Waals surface area contributed by atoms with Crippen molar-refractivity contribution in [2.45, 2.75) is 20.3 Å². The molecule has 0 atom stereocenters. The standard InChI is InChI=1S/C7H12N2O3/c1-3-12-7(11)4-6(10)9-5(2)8/h3-4H2,1-2H3,(H2,8,9,10)/p+1. The molecule has 0 unspecified atom stereocenters. The average molecular weight is 173 g/mol. The van der Waals surface area contributed by atoms with Crippen LogP contribution in [-0.2, 0) is 9.53 Å². The summed E-state index contributed by atoms with van der Waals surface area (Å²) >= 11 is 0. The van der Waals surface area contributed by atoms with E-state index in [1.807, 2.05) is 0 Å². The number of ether oxygens (including phenoxy) is 1. The number of nitrogens with zero attached hydrogens (tertiary/aromatic N) is 1. The molecule has 0 saturated carbocycles. The minimum atomic E-state index is -0.479. The molecular formula is C7H13N2O3+. The van der Waals surface area contributed by atoms with Crippen LogP contribution in [0.1, 0.15) is 20.3 Å². The molecule has 0 aliphatic heterocycles. The summed E-state index contributed by atoms with van der Waals surface area (Å²) in [4.78, 5) is 14.2. The fourth-order valence-corrected chi connectivity index (χ4v) is 0.591. The van der Waals surface area contributed by atoms with Crippen LogP contribution in [0.4, 0.5) is 0 Å². The van der Waals surface area contributed by atoms with Gasteiger partial charge < -0.3 is 9.84 Å². The van der Waals surface area contributed by atoms with Gasteiger partial charge in [-0.2, -0.15) is 4.99 Å². The monoisotopic (exact) mass is 173 g/mol. The summed E-state index contributed by atoms with van der Waals surface area (Å²) in [5.74, 6) is -0.599. The van der Waals surface area contributed by atoms with Crippen LogP contribution < -0.4 is 0 Å². The minimum Gasteiger partial charge on any atom is -0.582 e. The lowest BCUT2D eigenvalue weighted by Crippen LogP contribution is -2.11. The molecule has 0 bridgehead atoms. The summed E-state index contributed by atoms with van der Waals surface area (Å²) in [6, 6.07) is 0. The van der Waals surface area contributed by atoms with Crippen molar-refractivity contribution in [2.75, 3.05) is 6.61 Å². The summed E-state index contributed by atoms with van der Waals surface area (Å²) < 4.78 is 4.58. The summed E-state index contributed by atoms with van der Waals surface area (Å²) in [6.45, 7) is 3.44. The highest BCUT2D eigenvalue weighted by Crippen LogP contribution is 1.89. The Bertz CT molecular complexity index is 211. The van der Waals surface area contributed by atoms with E-state index in [2.05, 4.69) is 9.73 Å². The zero-order chi connectivity index (χ0) is 9.56. The molecule has 0 saturated heterocycles. The number of aliphatic imine (C=N–C) groups is 1. The zero-order valence-electron chi connectivity index (χ0n) is 7.18. The normalized spacial score (nSPS) is 11.0. The molecule has 0 amide bonds. The lowest BCUT2D eigenvalue weighted by Gasteiger charge is -1.96. The first kappa shape index (κ1) is 10.6. The summed E-state index contributed by atoms with van der Waals surface area (Å²) in [5.41, 5.74) is 0. The van der Waals surface area contributed by atoms with E-state index in [1.54, 1.807) is 6.92 Å². The minimum absolute atomic E-state index is 0.0179. The molecule has 0 aromatic carbocycles. The molecule has 0 radical (unpaired) electrons. The van der Waals surface area contributed by atoms with Crippen LogP contribution in [0, 0.1) is 5.41 Å². The van der Waals surface area contributed by atoms with E-state index < -0.39 is 5.97 Å². The van der Waals surface area contributed by atoms with Crippen LogP contribution in [0.25, 0.3) is 0 Å². The Labute approximate surface area is 70.6 Å². The first-order chi connectivity index (χ1) is 5.56. The van der Waals surface area contributed by atoms with Crippen LogP contribution in [0.3, 0.4) is 0 Å². The van der Waals surface area contributed by atoms with Crippen molar-refractivity contribution in [2.24, 2.45) is 4.99 Å². The van der Waals surface area contributed by atoms with E-state index in [0.717, 1.165) is 0 Å². The maximum absolute atomic E-state index is 10.7. The molecule has 0 aromatic heterocycles. The molecule has 0 aromatic rings. The van der Waals surface area contributed by atoms with E-state index >= 15 is 0 Å². The molecule has 0 fully saturated rings. The summed E-state index contributed by atoms with van der Waals surface area (Å²) in [7, 11) is 0. The van der Waals surface area contributed by atoms with E-state index in [0.29, 0.717) is 6.61 Å². The maximum atomic E-state index is 10.7. The second-order valence-corrected chi connectivity index (χ2v) is 2.13. The fourth-order valence-electron chi connectivity index (χ4n) is 0.591. The molecule has 0 spiro atoms. The number of carbonyl (C=O) groups is 1. The van der Waals surface area contributed by atoms with E-state index in [-0.39, 0.29) is 18.2 Å². The Kier molecular flexibility index (Phi) is 4.67. The van der Waals surface area contributed by atoms with Crippen LogP contribution in [0.2, 0.25) is 0 Å². The van der Waals surface area contributed by atoms with Gasteiger partial charge in [0.2, 0.25) is 0 Å². The number of nitrogens with one attached hydrogen (secondary N) is 1. The molecule has 0 rings (SSSR count). The lowest BCUT2D eigenvalue weighted by atomic mass is 10.4. The highest BCUT2D eigenvalue weighted by atomic mass is 16.5. The third-order valence-electron chi connectivity index (χ3n) is 0.920. The van der Waals surface area contributed by atoms with Gasteiger partial charge in [0, 0.05) is 0 Å². The quantitative estimate of drug-likeness (QED) is 0.283. The predicted molar refractivity (Wildman–Crippen MR) is 45.7 cm³/mol. The Morgan fingerprint density at radius 3 is 2.67 bits per heavy atom. The Hall–Kier alpha value is -1.39. The van der Waals surface area contributed by atoms with Gasteiger partial charge in [-0.3, -0.25) is 10.2 Å². The second-order valence-electron chi connectivity index (χ2n) is 2.13. The molecule has 68 valence electrons. The van der Waals surface area contributed by atoms with Gasteiger partial charge in [-0.1, -0.05) is 0 Å². The largest absolute Gasteiger partial charge is 0.582 e. The van der Waals surface area contributed by atoms with Crippen molar-refractivity contribution < 1.29 is 14.6 Å². The fraction of sp³-hybridized carbons (Fsp3) is 0.571. The third-order valence-corrected chi connectivity index (χ3v) is 0.920. The average Bonchev–Trinajstić information content (AvgIpc) is 1.84. The predicted octanol–water partition coefficient (Wildman–Crippen LogP) is 0.0599. The summed E-state index contributed by atoms with van der Waals surface area (Å²) in [6.07, 6.45) is -0.163. The smallest absolute Gasteiger partial charge is 0.343 e. The van der Waals surface area contributed by atoms with Crippen molar-refractivity contribution in [1.82, 2.24) is 0 Å². The number of amidine groups is 1. The second kappa shape index (κ2) is 5.29. The number of esters is 1. The Balaban J connectivity index is 3.91. The van der Waals surface area contributed by atoms with Crippen LogP contribution >= 0.6 is 0 Å². The topological polar surface area (TPSA) is 85.4 Å². The van der Waals surface area contributed by atoms with Gasteiger partial charge in [-0.05, 0) is 13.8 Å². The van der Waals surface area contributed by atoms with Crippen molar-refractivity contribution in [3.05, 3.63) is 0 Å². The maximum Gasteiger partial charge on any atom is 0.343 e. The first-order valence-corrected chi connectivity index (χ1v) is 3.56. The van der Waals surface area contributed by atoms with Gasteiger partial charge in [0.15, 0.2) is 6.42 Å². The van der Waals surface area contributed by atoms with Crippen molar-refractivity contribution in [3.63, 3.8) is 0 Å². The Morgan fingerprint density at radius 2 is 2.25 bits per heavy atom. The zero-order valence-corrected chi connectivity index (χ0v) is 7.18.